The number of nitrogens with one attached hydrogen (secondary N) is 1. The summed E-state index contributed by atoms with van der Waals surface area (Å²) in [4.78, 5) is 4.10. The lowest BCUT2D eigenvalue weighted by molar-refractivity contribution is 0.839. The van der Waals surface area contributed by atoms with E-state index in [1.54, 1.807) is 17.1 Å². The Balaban J connectivity index is 1.68. The summed E-state index contributed by atoms with van der Waals surface area (Å²) in [6.45, 7) is 0.609. The van der Waals surface area contributed by atoms with Gasteiger partial charge in [-0.1, -0.05) is 24.3 Å². The molecule has 4 aromatic rings. The van der Waals surface area contributed by atoms with Gasteiger partial charge in [-0.05, 0) is 29.0 Å². The van der Waals surface area contributed by atoms with E-state index in [9.17, 15) is 0 Å². The minimum Gasteiger partial charge on any atom is -0.364 e. The lowest BCUT2D eigenvalue weighted by Gasteiger charge is -2.05. The zero-order chi connectivity index (χ0) is 15.5. The number of rotatable bonds is 4. The van der Waals surface area contributed by atoms with Crippen molar-refractivity contribution in [3.8, 4) is 5.69 Å². The van der Waals surface area contributed by atoms with Crippen LogP contribution in [-0.4, -0.2) is 30.2 Å². The Bertz CT molecular complexity index is 919. The molecule has 1 aromatic carbocycles. The van der Waals surface area contributed by atoms with Gasteiger partial charge in [0.25, 0.3) is 0 Å². The summed E-state index contributed by atoms with van der Waals surface area (Å²) in [5.74, 6) is 0.654. The lowest BCUT2D eigenvalue weighted by Crippen LogP contribution is -2.05. The highest BCUT2D eigenvalue weighted by atomic mass is 15.4. The van der Waals surface area contributed by atoms with Crippen molar-refractivity contribution in [2.24, 2.45) is 0 Å². The van der Waals surface area contributed by atoms with Gasteiger partial charge in [0.15, 0.2) is 11.5 Å². The molecule has 3 aromatic heterocycles. The van der Waals surface area contributed by atoms with Crippen LogP contribution < -0.4 is 5.32 Å². The van der Waals surface area contributed by atoms with E-state index in [1.807, 2.05) is 48.7 Å². The van der Waals surface area contributed by atoms with Crippen molar-refractivity contribution in [2.45, 2.75) is 6.54 Å². The van der Waals surface area contributed by atoms with Gasteiger partial charge in [0.1, 0.15) is 0 Å². The van der Waals surface area contributed by atoms with Crippen LogP contribution in [0.1, 0.15) is 5.56 Å². The van der Waals surface area contributed by atoms with Gasteiger partial charge < -0.3 is 5.32 Å². The first-order valence-corrected chi connectivity index (χ1v) is 7.17. The zero-order valence-electron chi connectivity index (χ0n) is 12.2. The molecular weight excluding hydrogens is 290 g/mol. The number of aromatic nitrogens is 6. The average molecular weight is 303 g/mol. The second-order valence-electron chi connectivity index (χ2n) is 4.98. The number of nitrogens with zero attached hydrogens (tertiary/aromatic N) is 6. The average Bonchev–Trinajstić information content (AvgIpc) is 3.06. The predicted octanol–water partition coefficient (Wildman–Crippen LogP) is 2.22. The highest BCUT2D eigenvalue weighted by molar-refractivity contribution is 5.86. The fourth-order valence-electron chi connectivity index (χ4n) is 2.35. The molecule has 0 radical (unpaired) electrons. The van der Waals surface area contributed by atoms with Crippen molar-refractivity contribution in [1.29, 1.82) is 0 Å². The highest BCUT2D eigenvalue weighted by Gasteiger charge is 2.11. The number of benzene rings is 1. The van der Waals surface area contributed by atoms with Gasteiger partial charge in [0, 0.05) is 18.9 Å². The van der Waals surface area contributed by atoms with Crippen LogP contribution >= 0.6 is 0 Å². The molecule has 112 valence electrons. The highest BCUT2D eigenvalue weighted by Crippen LogP contribution is 2.21. The number of anilines is 1. The number of hydrogen-bond acceptors (Lipinski definition) is 6. The van der Waals surface area contributed by atoms with E-state index in [0.717, 1.165) is 16.6 Å². The molecule has 0 atom stereocenters. The van der Waals surface area contributed by atoms with Gasteiger partial charge in [-0.25, -0.2) is 4.68 Å². The first-order valence-electron chi connectivity index (χ1n) is 7.17. The lowest BCUT2D eigenvalue weighted by atomic mass is 10.3. The van der Waals surface area contributed by atoms with Gasteiger partial charge in [-0.3, -0.25) is 4.98 Å². The smallest absolute Gasteiger partial charge is 0.190 e. The first kappa shape index (κ1) is 13.3. The van der Waals surface area contributed by atoms with Crippen molar-refractivity contribution >= 4 is 16.9 Å². The van der Waals surface area contributed by atoms with Crippen molar-refractivity contribution in [2.75, 3.05) is 5.32 Å². The third-order valence-corrected chi connectivity index (χ3v) is 3.47. The molecule has 4 rings (SSSR count). The molecule has 0 spiro atoms. The molecule has 7 nitrogen and oxygen atoms in total. The molecule has 0 aliphatic carbocycles. The summed E-state index contributed by atoms with van der Waals surface area (Å²) in [6.07, 6.45) is 5.31. The molecule has 7 heteroatoms. The zero-order valence-corrected chi connectivity index (χ0v) is 12.2. The van der Waals surface area contributed by atoms with E-state index in [1.165, 1.54) is 0 Å². The van der Waals surface area contributed by atoms with E-state index < -0.39 is 0 Å². The Hall–Kier alpha value is -3.35. The molecule has 1 N–H and O–H groups in total. The second kappa shape index (κ2) is 5.80. The van der Waals surface area contributed by atoms with Crippen LogP contribution in [0.5, 0.6) is 0 Å². The van der Waals surface area contributed by atoms with E-state index in [0.29, 0.717) is 18.0 Å². The largest absolute Gasteiger partial charge is 0.364 e. The van der Waals surface area contributed by atoms with Gasteiger partial charge in [-0.2, -0.15) is 5.10 Å². The molecule has 23 heavy (non-hydrogen) atoms. The van der Waals surface area contributed by atoms with Crippen LogP contribution in [0.4, 0.5) is 5.82 Å². The van der Waals surface area contributed by atoms with Crippen molar-refractivity contribution in [1.82, 2.24) is 30.2 Å². The number of pyridine rings is 1. The number of para-hydroxylation sites is 1. The summed E-state index contributed by atoms with van der Waals surface area (Å²) in [5.41, 5.74) is 2.66. The summed E-state index contributed by atoms with van der Waals surface area (Å²) >= 11 is 0. The minimum absolute atomic E-state index is 0.609. The van der Waals surface area contributed by atoms with Gasteiger partial charge in [0.2, 0.25) is 0 Å². The van der Waals surface area contributed by atoms with Crippen LogP contribution in [0, 0.1) is 0 Å². The van der Waals surface area contributed by atoms with Gasteiger partial charge in [-0.15, -0.1) is 10.2 Å². The number of fused-ring (bicyclic) bond motifs is 1. The monoisotopic (exact) mass is 303 g/mol. The van der Waals surface area contributed by atoms with E-state index in [2.05, 4.69) is 30.8 Å². The molecule has 0 amide bonds. The van der Waals surface area contributed by atoms with Crippen molar-refractivity contribution < 1.29 is 0 Å². The third-order valence-electron chi connectivity index (χ3n) is 3.47. The quantitative estimate of drug-likeness (QED) is 0.622. The van der Waals surface area contributed by atoms with Crippen LogP contribution in [0.15, 0.2) is 61.1 Å². The molecule has 3 heterocycles. The Labute approximate surface area is 132 Å². The van der Waals surface area contributed by atoms with Crippen molar-refractivity contribution in [3.05, 3.63) is 66.6 Å². The standard InChI is InChI=1S/C16H13N7/c1-2-6-13(7-3-1)23-16-14(11-19-23)15(20-22-21-16)18-10-12-5-4-8-17-9-12/h1-9,11H,10H2,(H,18,20,21). The maximum Gasteiger partial charge on any atom is 0.190 e. The predicted molar refractivity (Wildman–Crippen MR) is 86.0 cm³/mol. The van der Waals surface area contributed by atoms with Crippen LogP contribution in [-0.2, 0) is 6.54 Å². The maximum absolute atomic E-state index is 4.40. The van der Waals surface area contributed by atoms with Crippen LogP contribution in [0.2, 0.25) is 0 Å². The topological polar surface area (TPSA) is 81.4 Å². The summed E-state index contributed by atoms with van der Waals surface area (Å²) in [5, 5.41) is 20.5. The van der Waals surface area contributed by atoms with E-state index in [4.69, 9.17) is 0 Å². The van der Waals surface area contributed by atoms with Crippen LogP contribution in [0.25, 0.3) is 16.7 Å². The van der Waals surface area contributed by atoms with E-state index in [-0.39, 0.29) is 0 Å². The second-order valence-corrected chi connectivity index (χ2v) is 4.98. The van der Waals surface area contributed by atoms with Gasteiger partial charge in [0.05, 0.1) is 17.3 Å². The fourth-order valence-corrected chi connectivity index (χ4v) is 2.35. The minimum atomic E-state index is 0.609. The van der Waals surface area contributed by atoms with Crippen molar-refractivity contribution in [3.63, 3.8) is 0 Å². The number of hydrogen-bond donors (Lipinski definition) is 1. The van der Waals surface area contributed by atoms with Crippen LogP contribution in [0.3, 0.4) is 0 Å². The van der Waals surface area contributed by atoms with Gasteiger partial charge >= 0.3 is 0 Å². The van der Waals surface area contributed by atoms with E-state index >= 15 is 0 Å². The Morgan fingerprint density at radius 1 is 0.957 bits per heavy atom. The summed E-state index contributed by atoms with van der Waals surface area (Å²) in [7, 11) is 0. The first-order chi connectivity index (χ1) is 11.4. The molecule has 0 fully saturated rings. The summed E-state index contributed by atoms with van der Waals surface area (Å²) in [6, 6.07) is 13.7. The Morgan fingerprint density at radius 2 is 1.87 bits per heavy atom. The normalized spacial score (nSPS) is 10.8. The molecule has 0 bridgehead atoms. The molecule has 0 aliphatic rings. The SMILES string of the molecule is c1ccc(-n2ncc3c(NCc4cccnc4)nnnc32)cc1. The molecular formula is C16H13N7. The fraction of sp³-hybridized carbons (Fsp3) is 0.0625. The maximum atomic E-state index is 4.40. The Morgan fingerprint density at radius 3 is 2.70 bits per heavy atom. The third kappa shape index (κ3) is 2.59. The molecule has 0 aliphatic heterocycles. The summed E-state index contributed by atoms with van der Waals surface area (Å²) < 4.78 is 1.75. The molecule has 0 unspecified atom stereocenters. The Kier molecular flexibility index (Phi) is 3.36. The molecule has 0 saturated carbocycles. The molecule has 0 saturated heterocycles.